The van der Waals surface area contributed by atoms with Crippen molar-refractivity contribution >= 4 is 29.0 Å². The third kappa shape index (κ3) is 2.80. The van der Waals surface area contributed by atoms with Gasteiger partial charge < -0.3 is 10.2 Å². The molecule has 4 nitrogen and oxygen atoms in total. The van der Waals surface area contributed by atoms with Crippen LogP contribution in [0.2, 0.25) is 5.02 Å². The van der Waals surface area contributed by atoms with Crippen LogP contribution >= 0.6 is 11.6 Å². The molecule has 1 aliphatic rings. The van der Waals surface area contributed by atoms with Crippen molar-refractivity contribution in [3.05, 3.63) is 28.8 Å². The van der Waals surface area contributed by atoms with Crippen molar-refractivity contribution in [2.45, 2.75) is 26.3 Å². The number of nitrogens with one attached hydrogen (secondary N) is 1. The molecule has 19 heavy (non-hydrogen) atoms. The number of amides is 1. The Labute approximate surface area is 117 Å². The molecule has 0 atom stereocenters. The van der Waals surface area contributed by atoms with E-state index in [1.165, 1.54) is 4.90 Å². The van der Waals surface area contributed by atoms with Gasteiger partial charge in [0.25, 0.3) is 11.7 Å². The van der Waals surface area contributed by atoms with E-state index in [1.54, 1.807) is 18.2 Å². The number of hydrogen-bond acceptors (Lipinski definition) is 3. The highest BCUT2D eigenvalue weighted by atomic mass is 35.5. The Morgan fingerprint density at radius 1 is 1.26 bits per heavy atom. The van der Waals surface area contributed by atoms with Gasteiger partial charge in [-0.3, -0.25) is 9.59 Å². The number of anilines is 1. The fourth-order valence-electron chi connectivity index (χ4n) is 2.07. The molecule has 1 aromatic carbocycles. The molecule has 1 amide bonds. The quantitative estimate of drug-likeness (QED) is 0.864. The Bertz CT molecular complexity index is 535. The maximum absolute atomic E-state index is 12.0. The first-order valence-corrected chi connectivity index (χ1v) is 6.59. The highest BCUT2D eigenvalue weighted by Crippen LogP contribution is 2.35. The lowest BCUT2D eigenvalue weighted by molar-refractivity contribution is -0.114. The second-order valence-electron chi connectivity index (χ2n) is 5.60. The molecule has 0 unspecified atom stereocenters. The summed E-state index contributed by atoms with van der Waals surface area (Å²) in [6, 6.07) is 5.01. The number of ketones is 1. The molecule has 1 N–H and O–H groups in total. The molecule has 2 rings (SSSR count). The third-order valence-electron chi connectivity index (χ3n) is 2.93. The van der Waals surface area contributed by atoms with Crippen molar-refractivity contribution in [3.8, 4) is 0 Å². The van der Waals surface area contributed by atoms with Gasteiger partial charge in [-0.25, -0.2) is 0 Å². The summed E-state index contributed by atoms with van der Waals surface area (Å²) in [5.74, 6) is -0.980. The van der Waals surface area contributed by atoms with E-state index >= 15 is 0 Å². The SMILES string of the molecule is CC(C)(C)NCCN1C(=O)C(=O)c2cccc(Cl)c21. The molecule has 0 saturated heterocycles. The Morgan fingerprint density at radius 2 is 1.95 bits per heavy atom. The van der Waals surface area contributed by atoms with Gasteiger partial charge in [0.2, 0.25) is 0 Å². The number of nitrogens with zero attached hydrogens (tertiary/aromatic N) is 1. The molecular weight excluding hydrogens is 264 g/mol. The van der Waals surface area contributed by atoms with Crippen LogP contribution in [-0.4, -0.2) is 30.3 Å². The molecular formula is C14H17ClN2O2. The number of para-hydroxylation sites is 1. The van der Waals surface area contributed by atoms with E-state index in [4.69, 9.17) is 11.6 Å². The number of halogens is 1. The molecule has 0 fully saturated rings. The van der Waals surface area contributed by atoms with Gasteiger partial charge in [0.1, 0.15) is 0 Å². The second-order valence-corrected chi connectivity index (χ2v) is 6.01. The molecule has 0 radical (unpaired) electrons. The Morgan fingerprint density at radius 3 is 2.58 bits per heavy atom. The van der Waals surface area contributed by atoms with Crippen LogP contribution in [-0.2, 0) is 4.79 Å². The minimum Gasteiger partial charge on any atom is -0.310 e. The average molecular weight is 281 g/mol. The summed E-state index contributed by atoms with van der Waals surface area (Å²) in [4.78, 5) is 25.3. The molecule has 0 saturated carbocycles. The summed E-state index contributed by atoms with van der Waals surface area (Å²) < 4.78 is 0. The van der Waals surface area contributed by atoms with Crippen LogP contribution in [0.4, 0.5) is 5.69 Å². The zero-order chi connectivity index (χ0) is 14.2. The molecule has 0 aliphatic carbocycles. The van der Waals surface area contributed by atoms with Gasteiger partial charge >= 0.3 is 0 Å². The molecule has 0 spiro atoms. The zero-order valence-corrected chi connectivity index (χ0v) is 12.0. The fourth-order valence-corrected chi connectivity index (χ4v) is 2.34. The maximum atomic E-state index is 12.0. The van der Waals surface area contributed by atoms with Crippen molar-refractivity contribution in [1.29, 1.82) is 0 Å². The first-order chi connectivity index (χ1) is 8.81. The minimum absolute atomic E-state index is 0.0317. The molecule has 0 aromatic heterocycles. The Balaban J connectivity index is 2.19. The van der Waals surface area contributed by atoms with Gasteiger partial charge in [-0.05, 0) is 32.9 Å². The first-order valence-electron chi connectivity index (χ1n) is 6.21. The van der Waals surface area contributed by atoms with Crippen LogP contribution in [0, 0.1) is 0 Å². The van der Waals surface area contributed by atoms with Gasteiger partial charge in [0.15, 0.2) is 0 Å². The summed E-state index contributed by atoms with van der Waals surface area (Å²) in [5, 5.41) is 3.72. The average Bonchev–Trinajstić information content (AvgIpc) is 2.54. The van der Waals surface area contributed by atoms with Crippen molar-refractivity contribution < 1.29 is 9.59 Å². The largest absolute Gasteiger partial charge is 0.310 e. The fraction of sp³-hybridized carbons (Fsp3) is 0.429. The predicted octanol–water partition coefficient (Wildman–Crippen LogP) is 2.26. The molecule has 1 heterocycles. The number of Topliss-reactive ketones (excluding diaryl/α,β-unsaturated/α-hetero) is 1. The minimum atomic E-state index is -0.501. The Kier molecular flexibility index (Phi) is 3.65. The summed E-state index contributed by atoms with van der Waals surface area (Å²) in [6.45, 7) is 7.17. The maximum Gasteiger partial charge on any atom is 0.299 e. The predicted molar refractivity (Wildman–Crippen MR) is 75.9 cm³/mol. The van der Waals surface area contributed by atoms with Crippen LogP contribution in [0.1, 0.15) is 31.1 Å². The summed E-state index contributed by atoms with van der Waals surface area (Å²) in [5.41, 5.74) is 0.902. The molecule has 1 aromatic rings. The lowest BCUT2D eigenvalue weighted by atomic mass is 10.1. The number of rotatable bonds is 3. The van der Waals surface area contributed by atoms with Gasteiger partial charge in [-0.2, -0.15) is 0 Å². The van der Waals surface area contributed by atoms with Crippen LogP contribution in [0.3, 0.4) is 0 Å². The third-order valence-corrected chi connectivity index (χ3v) is 3.24. The van der Waals surface area contributed by atoms with Gasteiger partial charge in [0, 0.05) is 18.6 Å². The summed E-state index contributed by atoms with van der Waals surface area (Å²) >= 11 is 6.10. The highest BCUT2D eigenvalue weighted by Gasteiger charge is 2.36. The van der Waals surface area contributed by atoms with Crippen molar-refractivity contribution in [3.63, 3.8) is 0 Å². The highest BCUT2D eigenvalue weighted by molar-refractivity contribution is 6.54. The molecule has 1 aliphatic heterocycles. The van der Waals surface area contributed by atoms with Crippen LogP contribution in [0.5, 0.6) is 0 Å². The van der Waals surface area contributed by atoms with Gasteiger partial charge in [-0.1, -0.05) is 17.7 Å². The van der Waals surface area contributed by atoms with E-state index in [0.29, 0.717) is 29.4 Å². The van der Waals surface area contributed by atoms with Gasteiger partial charge in [-0.15, -0.1) is 0 Å². The van der Waals surface area contributed by atoms with Crippen LogP contribution in [0.15, 0.2) is 18.2 Å². The number of fused-ring (bicyclic) bond motifs is 1. The zero-order valence-electron chi connectivity index (χ0n) is 11.3. The second kappa shape index (κ2) is 4.94. The first kappa shape index (κ1) is 14.0. The van der Waals surface area contributed by atoms with E-state index < -0.39 is 11.7 Å². The van der Waals surface area contributed by atoms with Gasteiger partial charge in [0.05, 0.1) is 16.3 Å². The van der Waals surface area contributed by atoms with Crippen molar-refractivity contribution in [1.82, 2.24) is 5.32 Å². The topological polar surface area (TPSA) is 49.4 Å². The number of benzene rings is 1. The smallest absolute Gasteiger partial charge is 0.299 e. The lowest BCUT2D eigenvalue weighted by Crippen LogP contribution is -2.42. The summed E-state index contributed by atoms with van der Waals surface area (Å²) in [7, 11) is 0. The number of carbonyl (C=O) groups excluding carboxylic acids is 2. The number of carbonyl (C=O) groups is 2. The van der Waals surface area contributed by atoms with E-state index in [1.807, 2.05) is 20.8 Å². The Hall–Kier alpha value is -1.39. The van der Waals surface area contributed by atoms with Crippen molar-refractivity contribution in [2.75, 3.05) is 18.0 Å². The van der Waals surface area contributed by atoms with E-state index in [-0.39, 0.29) is 5.54 Å². The standard InChI is InChI=1S/C14H17ClN2O2/c1-14(2,3)16-7-8-17-11-9(12(18)13(17)19)5-4-6-10(11)15/h4-6,16H,7-8H2,1-3H3. The van der Waals surface area contributed by atoms with Crippen molar-refractivity contribution in [2.24, 2.45) is 0 Å². The van der Waals surface area contributed by atoms with Crippen LogP contribution < -0.4 is 10.2 Å². The molecule has 102 valence electrons. The monoisotopic (exact) mass is 280 g/mol. The molecule has 5 heteroatoms. The van der Waals surface area contributed by atoms with E-state index in [0.717, 1.165) is 0 Å². The molecule has 0 bridgehead atoms. The number of hydrogen-bond donors (Lipinski definition) is 1. The lowest BCUT2D eigenvalue weighted by Gasteiger charge is -2.23. The van der Waals surface area contributed by atoms with Crippen LogP contribution in [0.25, 0.3) is 0 Å². The summed E-state index contributed by atoms with van der Waals surface area (Å²) in [6.07, 6.45) is 0. The van der Waals surface area contributed by atoms with E-state index in [2.05, 4.69) is 5.32 Å². The normalized spacial score (nSPS) is 15.1. The van der Waals surface area contributed by atoms with E-state index in [9.17, 15) is 9.59 Å².